The zero-order valence-corrected chi connectivity index (χ0v) is 12.6. The monoisotopic (exact) mass is 293 g/mol. The van der Waals surface area contributed by atoms with E-state index in [1.807, 2.05) is 17.3 Å². The highest BCUT2D eigenvalue weighted by Crippen LogP contribution is 2.31. The largest absolute Gasteiger partial charge is 0.393 e. The molecule has 1 amide bonds. The lowest BCUT2D eigenvalue weighted by Crippen LogP contribution is -2.40. The third-order valence-electron chi connectivity index (χ3n) is 3.62. The van der Waals surface area contributed by atoms with Crippen molar-refractivity contribution in [3.8, 4) is 6.07 Å². The Morgan fingerprint density at radius 3 is 3.10 bits per heavy atom. The predicted octanol–water partition coefficient (Wildman–Crippen LogP) is 1.43. The second-order valence-corrected chi connectivity index (χ2v) is 6.06. The van der Waals surface area contributed by atoms with Gasteiger partial charge in [0.1, 0.15) is 11.1 Å². The van der Waals surface area contributed by atoms with Crippen LogP contribution in [0, 0.1) is 11.3 Å². The van der Waals surface area contributed by atoms with E-state index < -0.39 is 0 Å². The number of aliphatic hydroxyl groups excluding tert-OH is 1. The van der Waals surface area contributed by atoms with Gasteiger partial charge in [-0.25, -0.2) is 0 Å². The number of carbonyl (C=O) groups is 1. The molecule has 0 aromatic carbocycles. The van der Waals surface area contributed by atoms with Crippen molar-refractivity contribution in [2.45, 2.75) is 31.9 Å². The van der Waals surface area contributed by atoms with E-state index in [-0.39, 0.29) is 18.1 Å². The Kier molecular flexibility index (Phi) is 4.76. The Bertz CT molecular complexity index is 521. The highest BCUT2D eigenvalue weighted by Gasteiger charge is 2.36. The highest BCUT2D eigenvalue weighted by molar-refractivity contribution is 7.14. The maximum atomic E-state index is 12.5. The summed E-state index contributed by atoms with van der Waals surface area (Å²) in [7, 11) is 1.91. The SMILES string of the molecule is CC(O)CCN(C)C1CCN(c2sccc2C#N)C1=O. The first-order chi connectivity index (χ1) is 9.54. The Labute approximate surface area is 123 Å². The van der Waals surface area contributed by atoms with E-state index >= 15 is 0 Å². The van der Waals surface area contributed by atoms with Crippen LogP contribution in [0.3, 0.4) is 0 Å². The van der Waals surface area contributed by atoms with E-state index in [0.717, 1.165) is 11.4 Å². The minimum atomic E-state index is -0.354. The second kappa shape index (κ2) is 6.35. The number of rotatable bonds is 5. The Balaban J connectivity index is 2.04. The van der Waals surface area contributed by atoms with Crippen LogP contribution in [0.15, 0.2) is 11.4 Å². The molecule has 1 aliphatic heterocycles. The van der Waals surface area contributed by atoms with Gasteiger partial charge in [0.25, 0.3) is 0 Å². The van der Waals surface area contributed by atoms with E-state index in [1.165, 1.54) is 11.3 Å². The number of carbonyl (C=O) groups excluding carboxylic acids is 1. The molecule has 6 heteroatoms. The van der Waals surface area contributed by atoms with Gasteiger partial charge in [-0.1, -0.05) is 0 Å². The summed E-state index contributed by atoms with van der Waals surface area (Å²) in [5.41, 5.74) is 0.565. The number of likely N-dealkylation sites (N-methyl/N-ethyl adjacent to an activating group) is 1. The molecule has 1 N–H and O–H groups in total. The molecular formula is C14H19N3O2S. The van der Waals surface area contributed by atoms with E-state index in [1.54, 1.807) is 17.9 Å². The van der Waals surface area contributed by atoms with Gasteiger partial charge in [0.05, 0.1) is 17.7 Å². The normalized spacial score (nSPS) is 20.4. The van der Waals surface area contributed by atoms with Gasteiger partial charge >= 0.3 is 0 Å². The van der Waals surface area contributed by atoms with E-state index in [0.29, 0.717) is 25.1 Å². The van der Waals surface area contributed by atoms with Crippen LogP contribution in [0.2, 0.25) is 0 Å². The van der Waals surface area contributed by atoms with Crippen LogP contribution in [-0.4, -0.2) is 48.2 Å². The molecule has 5 nitrogen and oxygen atoms in total. The first kappa shape index (κ1) is 15.0. The summed E-state index contributed by atoms with van der Waals surface area (Å²) in [5, 5.41) is 21.0. The minimum Gasteiger partial charge on any atom is -0.393 e. The molecule has 0 aliphatic carbocycles. The first-order valence-corrected chi connectivity index (χ1v) is 7.60. The molecule has 2 heterocycles. The van der Waals surface area contributed by atoms with Gasteiger partial charge in [-0.05, 0) is 38.3 Å². The average Bonchev–Trinajstić information content (AvgIpc) is 3.01. The summed E-state index contributed by atoms with van der Waals surface area (Å²) < 4.78 is 0. The average molecular weight is 293 g/mol. The van der Waals surface area contributed by atoms with Crippen LogP contribution in [0.1, 0.15) is 25.3 Å². The molecule has 108 valence electrons. The van der Waals surface area contributed by atoms with Crippen molar-refractivity contribution in [2.75, 3.05) is 25.0 Å². The molecule has 0 radical (unpaired) electrons. The number of hydrogen-bond donors (Lipinski definition) is 1. The van der Waals surface area contributed by atoms with Crippen molar-refractivity contribution in [1.82, 2.24) is 4.90 Å². The fourth-order valence-electron chi connectivity index (χ4n) is 2.42. The van der Waals surface area contributed by atoms with E-state index in [2.05, 4.69) is 6.07 Å². The molecule has 2 unspecified atom stereocenters. The third kappa shape index (κ3) is 3.01. The zero-order valence-electron chi connectivity index (χ0n) is 11.7. The Hall–Kier alpha value is -1.42. The number of anilines is 1. The van der Waals surface area contributed by atoms with Gasteiger partial charge in [-0.2, -0.15) is 5.26 Å². The maximum absolute atomic E-state index is 12.5. The lowest BCUT2D eigenvalue weighted by atomic mass is 10.2. The van der Waals surface area contributed by atoms with Crippen LogP contribution < -0.4 is 4.90 Å². The van der Waals surface area contributed by atoms with Gasteiger partial charge < -0.3 is 10.0 Å². The third-order valence-corrected chi connectivity index (χ3v) is 4.55. The zero-order chi connectivity index (χ0) is 14.7. The molecule has 1 saturated heterocycles. The lowest BCUT2D eigenvalue weighted by Gasteiger charge is -2.23. The number of hydrogen-bond acceptors (Lipinski definition) is 5. The van der Waals surface area contributed by atoms with Crippen LogP contribution in [0.25, 0.3) is 0 Å². The highest BCUT2D eigenvalue weighted by atomic mass is 32.1. The molecule has 1 aromatic rings. The van der Waals surface area contributed by atoms with Crippen LogP contribution in [0.4, 0.5) is 5.00 Å². The Morgan fingerprint density at radius 2 is 2.45 bits per heavy atom. The molecule has 2 atom stereocenters. The molecule has 20 heavy (non-hydrogen) atoms. The minimum absolute atomic E-state index is 0.0528. The standard InChI is InChI=1S/C14H19N3O2S/c1-10(18)3-6-16(2)12-4-7-17(13(12)19)14-11(9-15)5-8-20-14/h5,8,10,12,18H,3-4,6-7H2,1-2H3. The predicted molar refractivity (Wildman–Crippen MR) is 78.7 cm³/mol. The summed E-state index contributed by atoms with van der Waals surface area (Å²) in [6, 6.07) is 3.72. The van der Waals surface area contributed by atoms with Gasteiger partial charge in [0.15, 0.2) is 0 Å². The molecule has 1 aliphatic rings. The summed E-state index contributed by atoms with van der Waals surface area (Å²) >= 11 is 1.43. The Morgan fingerprint density at radius 1 is 1.70 bits per heavy atom. The molecule has 1 fully saturated rings. The fourth-order valence-corrected chi connectivity index (χ4v) is 3.30. The number of thiophene rings is 1. The summed E-state index contributed by atoms with van der Waals surface area (Å²) in [6.45, 7) is 3.09. The second-order valence-electron chi connectivity index (χ2n) is 5.16. The number of amides is 1. The van der Waals surface area contributed by atoms with Crippen LogP contribution in [-0.2, 0) is 4.79 Å². The maximum Gasteiger partial charge on any atom is 0.245 e. The molecule has 0 saturated carbocycles. The van der Waals surface area contributed by atoms with Crippen molar-refractivity contribution >= 4 is 22.2 Å². The smallest absolute Gasteiger partial charge is 0.245 e. The summed E-state index contributed by atoms with van der Waals surface area (Å²) in [4.78, 5) is 16.2. The molecular weight excluding hydrogens is 274 g/mol. The number of nitriles is 1. The molecule has 0 bridgehead atoms. The van der Waals surface area contributed by atoms with Crippen molar-refractivity contribution in [1.29, 1.82) is 5.26 Å². The molecule has 1 aromatic heterocycles. The quantitative estimate of drug-likeness (QED) is 0.891. The van der Waals surface area contributed by atoms with Crippen molar-refractivity contribution in [3.05, 3.63) is 17.0 Å². The van der Waals surface area contributed by atoms with Gasteiger partial charge in [0.2, 0.25) is 5.91 Å². The lowest BCUT2D eigenvalue weighted by molar-refractivity contribution is -0.121. The molecule has 2 rings (SSSR count). The van der Waals surface area contributed by atoms with Crippen molar-refractivity contribution < 1.29 is 9.90 Å². The van der Waals surface area contributed by atoms with Crippen LogP contribution >= 0.6 is 11.3 Å². The van der Waals surface area contributed by atoms with E-state index in [9.17, 15) is 9.90 Å². The van der Waals surface area contributed by atoms with Gasteiger partial charge in [-0.3, -0.25) is 9.69 Å². The van der Waals surface area contributed by atoms with Crippen molar-refractivity contribution in [3.63, 3.8) is 0 Å². The van der Waals surface area contributed by atoms with Gasteiger partial charge in [0, 0.05) is 13.1 Å². The number of aliphatic hydroxyl groups is 1. The van der Waals surface area contributed by atoms with Gasteiger partial charge in [-0.15, -0.1) is 11.3 Å². The first-order valence-electron chi connectivity index (χ1n) is 6.72. The van der Waals surface area contributed by atoms with Crippen molar-refractivity contribution in [2.24, 2.45) is 0 Å². The summed E-state index contributed by atoms with van der Waals surface area (Å²) in [6.07, 6.45) is 1.06. The van der Waals surface area contributed by atoms with E-state index in [4.69, 9.17) is 5.26 Å². The topological polar surface area (TPSA) is 67.6 Å². The number of nitrogens with zero attached hydrogens (tertiary/aromatic N) is 3. The summed E-state index contributed by atoms with van der Waals surface area (Å²) in [5.74, 6) is 0.0528. The fraction of sp³-hybridized carbons (Fsp3) is 0.571. The van der Waals surface area contributed by atoms with Crippen LogP contribution in [0.5, 0.6) is 0 Å². The molecule has 0 spiro atoms.